The summed E-state index contributed by atoms with van der Waals surface area (Å²) in [6.45, 7) is 18.1. The summed E-state index contributed by atoms with van der Waals surface area (Å²) in [4.78, 5) is 12.8. The van der Waals surface area contributed by atoms with E-state index in [1.54, 1.807) is 16.4 Å². The molecule has 0 N–H and O–H groups in total. The van der Waals surface area contributed by atoms with E-state index in [1.165, 1.54) is 36.1 Å². The molecule has 1 fully saturated rings. The predicted molar refractivity (Wildman–Crippen MR) is 169 cm³/mol. The van der Waals surface area contributed by atoms with Crippen LogP contribution < -0.4 is 4.74 Å². The Balaban J connectivity index is 0.000000241. The molecule has 2 atom stereocenters. The minimum absolute atomic E-state index is 0.00360. The van der Waals surface area contributed by atoms with Gasteiger partial charge in [-0.05, 0) is 56.7 Å². The Morgan fingerprint density at radius 3 is 2.41 bits per heavy atom. The molecule has 0 radical (unpaired) electrons. The van der Waals surface area contributed by atoms with Crippen LogP contribution in [-0.2, 0) is 18.9 Å². The summed E-state index contributed by atoms with van der Waals surface area (Å²) in [5, 5.41) is 10.7. The quantitative estimate of drug-likeness (QED) is 0.120. The number of halogens is 2. The molecule has 4 rings (SSSR count). The fraction of sp³-hybridized carbons (Fsp3) is 0.455. The third kappa shape index (κ3) is 8.52. The molecule has 2 aromatic carbocycles. The maximum atomic E-state index is 10.7. The Bertz CT molecular complexity index is 1300. The van der Waals surface area contributed by atoms with Crippen molar-refractivity contribution in [3.63, 3.8) is 0 Å². The topological polar surface area (TPSA) is 55.6 Å². The zero-order valence-electron chi connectivity index (χ0n) is 25.1. The van der Waals surface area contributed by atoms with Crippen LogP contribution in [-0.4, -0.2) is 26.1 Å². The van der Waals surface area contributed by atoms with Crippen molar-refractivity contribution in [3.8, 4) is 5.75 Å². The molecule has 0 aromatic heterocycles. The van der Waals surface area contributed by atoms with Crippen LogP contribution in [0.5, 0.6) is 5.75 Å². The number of non-ortho nitro benzene ring substituents is 1. The third-order valence-electron chi connectivity index (χ3n) is 7.64. The summed E-state index contributed by atoms with van der Waals surface area (Å²) in [6, 6.07) is 15.4. The van der Waals surface area contributed by atoms with E-state index >= 15 is 0 Å². The van der Waals surface area contributed by atoms with Crippen molar-refractivity contribution in [1.29, 1.82) is 0 Å². The minimum Gasteiger partial charge on any atom is -0.520 e. The summed E-state index contributed by atoms with van der Waals surface area (Å²) in [6.07, 6.45) is 9.38. The van der Waals surface area contributed by atoms with Gasteiger partial charge in [-0.15, -0.1) is 5.41 Å². The number of nitro groups is 1. The van der Waals surface area contributed by atoms with E-state index < -0.39 is 18.4 Å². The second-order valence-corrected chi connectivity index (χ2v) is 17.5. The first-order chi connectivity index (χ1) is 19.3. The number of ether oxygens (including phenoxy) is 1. The van der Waals surface area contributed by atoms with E-state index in [2.05, 4.69) is 88.5 Å². The molecule has 5 nitrogen and oxygen atoms in total. The maximum Gasteiger partial charge on any atom is 0.00420 e. The molecule has 2 aromatic rings. The molecule has 1 heterocycles. The van der Waals surface area contributed by atoms with E-state index in [0.29, 0.717) is 17.2 Å². The van der Waals surface area contributed by atoms with Crippen LogP contribution in [0.2, 0.25) is 0 Å². The summed E-state index contributed by atoms with van der Waals surface area (Å²) >= 11 is -2.05. The van der Waals surface area contributed by atoms with Gasteiger partial charge in [0.1, 0.15) is 0 Å². The standard InChI is InChI=1S/C23H32N.C10H11NO3.2ClH.Ru/c1-6-18-12-11-13-19(7-2)21(18)24-17-23(5,16-22(24,3)4)20-14-9-8-10-15-20;1-7(2)14-10-5-4-9(11(12)13)6-8(10)3;;;/h8-12,14-15,17,19H,6-7,13,16H2,1-5H3;3-7H,1-2H3;2*1H;/q-1;;;;+2/p-2/t19-,23?;;;;/m0..../s1. The van der Waals surface area contributed by atoms with Gasteiger partial charge in [-0.1, -0.05) is 68.8 Å². The van der Waals surface area contributed by atoms with Crippen LogP contribution in [0.1, 0.15) is 85.3 Å². The van der Waals surface area contributed by atoms with Gasteiger partial charge >= 0.3 is 112 Å². The number of benzene rings is 2. The number of hydrogen-bond donors (Lipinski definition) is 0. The molecule has 1 aliphatic heterocycles. The van der Waals surface area contributed by atoms with Crippen LogP contribution in [0, 0.1) is 22.6 Å². The average molecular weight is 688 g/mol. The summed E-state index contributed by atoms with van der Waals surface area (Å²) in [5.41, 5.74) is 5.36. The number of nitrogens with zero attached hydrogens (tertiary/aromatic N) is 2. The van der Waals surface area contributed by atoms with E-state index in [0.717, 1.165) is 12.8 Å². The van der Waals surface area contributed by atoms with Crippen molar-refractivity contribution < 1.29 is 23.2 Å². The van der Waals surface area contributed by atoms with Gasteiger partial charge in [0.05, 0.1) is 0 Å². The van der Waals surface area contributed by atoms with Crippen LogP contribution in [0.4, 0.5) is 5.69 Å². The molecule has 1 aliphatic carbocycles. The van der Waals surface area contributed by atoms with Crippen LogP contribution in [0.25, 0.3) is 0 Å². The first-order valence-corrected chi connectivity index (χ1v) is 19.7. The maximum absolute atomic E-state index is 10.7. The van der Waals surface area contributed by atoms with Crippen molar-refractivity contribution >= 4 is 29.7 Å². The minimum atomic E-state index is -2.05. The van der Waals surface area contributed by atoms with Crippen molar-refractivity contribution in [1.82, 2.24) is 4.90 Å². The second-order valence-electron chi connectivity index (χ2n) is 11.7. The Hall–Kier alpha value is -2.01. The molecule has 2 aliphatic rings. The van der Waals surface area contributed by atoms with E-state index in [-0.39, 0.29) is 22.7 Å². The van der Waals surface area contributed by atoms with Gasteiger partial charge in [0, 0.05) is 5.54 Å². The van der Waals surface area contributed by atoms with Crippen molar-refractivity contribution in [3.05, 3.63) is 99.7 Å². The zero-order valence-corrected chi connectivity index (χ0v) is 28.4. The molecule has 41 heavy (non-hydrogen) atoms. The van der Waals surface area contributed by atoms with Gasteiger partial charge in [0.25, 0.3) is 0 Å². The Morgan fingerprint density at radius 1 is 1.17 bits per heavy atom. The fourth-order valence-electron chi connectivity index (χ4n) is 5.90. The van der Waals surface area contributed by atoms with Crippen LogP contribution in [0.3, 0.4) is 0 Å². The molecule has 1 unspecified atom stereocenters. The van der Waals surface area contributed by atoms with E-state index in [1.807, 2.05) is 13.8 Å². The molecular weight excluding hydrogens is 644 g/mol. The van der Waals surface area contributed by atoms with E-state index in [4.69, 9.17) is 24.1 Å². The fourth-order valence-corrected chi connectivity index (χ4v) is 7.68. The molecule has 8 heteroatoms. The summed E-state index contributed by atoms with van der Waals surface area (Å²) in [5.74, 6) is 1.21. The SMILES string of the molecule is CC(C)Oc1ccc([N+](=O)[O-])cc1[CH]=[Ru]([Cl])[Cl].CCC1=C(N2[CH-]C(C)(c3ccccc3)CC2(C)C)[C@@H](CC)CC=C1. The number of likely N-dealkylation sites (tertiary alicyclic amines) is 1. The Morgan fingerprint density at radius 2 is 1.85 bits per heavy atom. The summed E-state index contributed by atoms with van der Waals surface area (Å²) < 4.78 is 7.17. The molecule has 0 spiro atoms. The Kier molecular flexibility index (Phi) is 11.8. The van der Waals surface area contributed by atoms with Gasteiger partial charge in [0.2, 0.25) is 0 Å². The van der Waals surface area contributed by atoms with Crippen molar-refractivity contribution in [2.24, 2.45) is 5.92 Å². The molecule has 0 bridgehead atoms. The normalized spacial score (nSPS) is 21.9. The first kappa shape index (κ1) is 33.5. The van der Waals surface area contributed by atoms with Gasteiger partial charge in [-0.2, -0.15) is 0 Å². The molecule has 0 saturated carbocycles. The van der Waals surface area contributed by atoms with Gasteiger partial charge in [-0.25, -0.2) is 6.54 Å². The monoisotopic (exact) mass is 687 g/mol. The number of nitro benzene ring substituents is 1. The molecular formula is C33H43Cl2N2O3Ru-. The number of hydrogen-bond acceptors (Lipinski definition) is 4. The number of allylic oxidation sites excluding steroid dienone is 4. The van der Waals surface area contributed by atoms with Crippen LogP contribution in [0.15, 0.2) is 72.0 Å². The van der Waals surface area contributed by atoms with Gasteiger partial charge < -0.3 is 4.90 Å². The second kappa shape index (κ2) is 14.4. The molecule has 1 saturated heterocycles. The summed E-state index contributed by atoms with van der Waals surface area (Å²) in [7, 11) is 11.6. The van der Waals surface area contributed by atoms with Crippen molar-refractivity contribution in [2.75, 3.05) is 0 Å². The van der Waals surface area contributed by atoms with Gasteiger partial charge in [-0.3, -0.25) is 0 Å². The van der Waals surface area contributed by atoms with Gasteiger partial charge in [0.15, 0.2) is 0 Å². The average Bonchev–Trinajstić information content (AvgIpc) is 3.18. The number of rotatable bonds is 8. The van der Waals surface area contributed by atoms with Crippen molar-refractivity contribution in [2.45, 2.75) is 91.2 Å². The first-order valence-electron chi connectivity index (χ1n) is 14.2. The largest absolute Gasteiger partial charge is 0.520 e. The van der Waals surface area contributed by atoms with E-state index in [9.17, 15) is 10.1 Å². The molecule has 226 valence electrons. The molecule has 0 amide bonds. The smallest absolute Gasteiger partial charge is 0.00420 e. The zero-order chi connectivity index (χ0) is 30.4. The van der Waals surface area contributed by atoms with Crippen LogP contribution >= 0.6 is 19.4 Å². The third-order valence-corrected chi connectivity index (χ3v) is 9.47. The predicted octanol–water partition coefficient (Wildman–Crippen LogP) is 9.70. The Labute approximate surface area is 259 Å².